The molecule has 0 spiro atoms. The number of nitrogens with zero attached hydrogens (tertiary/aromatic N) is 2. The van der Waals surface area contributed by atoms with Crippen LogP contribution in [0.5, 0.6) is 5.75 Å². The molecule has 35 heteroatoms. The Kier molecular flexibility index (Phi) is 34.2. The zero-order valence-electron chi connectivity index (χ0n) is 59.7. The number of esters is 1. The van der Waals surface area contributed by atoms with E-state index in [0.717, 1.165) is 49.8 Å². The number of nitrogens with one attached hydrogen (secondary N) is 9. The van der Waals surface area contributed by atoms with Crippen molar-refractivity contribution in [3.63, 3.8) is 0 Å². The Bertz CT molecular complexity index is 3150. The van der Waals surface area contributed by atoms with Crippen LogP contribution in [0.25, 0.3) is 0 Å². The minimum atomic E-state index is -2.47. The van der Waals surface area contributed by atoms with Gasteiger partial charge in [0.05, 0.1) is 31.9 Å². The van der Waals surface area contributed by atoms with E-state index in [1.165, 1.54) is 92.0 Å². The fourth-order valence-corrected chi connectivity index (χ4v) is 11.3. The van der Waals surface area contributed by atoms with E-state index < -0.39 is 216 Å². The van der Waals surface area contributed by atoms with Crippen molar-refractivity contribution in [3.8, 4) is 5.75 Å². The fourth-order valence-electron chi connectivity index (χ4n) is 11.0. The van der Waals surface area contributed by atoms with E-state index in [9.17, 15) is 68.7 Å². The van der Waals surface area contributed by atoms with Gasteiger partial charge in [-0.2, -0.15) is 0 Å². The van der Waals surface area contributed by atoms with Gasteiger partial charge in [0.25, 0.3) is 5.91 Å². The molecule has 20 atom stereocenters. The van der Waals surface area contributed by atoms with Gasteiger partial charge in [-0.15, -0.1) is 11.6 Å². The van der Waals surface area contributed by atoms with Crippen LogP contribution in [0.3, 0.4) is 0 Å². The number of amides is 12. The molecule has 2 saturated heterocycles. The van der Waals surface area contributed by atoms with Crippen molar-refractivity contribution in [1.82, 2.24) is 57.7 Å². The van der Waals surface area contributed by atoms with Crippen LogP contribution in [0.2, 0.25) is 0 Å². The summed E-state index contributed by atoms with van der Waals surface area (Å²) in [5.74, 6) is -18.5. The van der Waals surface area contributed by atoms with Gasteiger partial charge in [-0.1, -0.05) is 83.9 Å². The van der Waals surface area contributed by atoms with Crippen LogP contribution in [0, 0.1) is 23.7 Å². The first-order valence-electron chi connectivity index (χ1n) is 33.1. The van der Waals surface area contributed by atoms with Crippen molar-refractivity contribution < 1.29 is 102 Å². The molecule has 566 valence electrons. The van der Waals surface area contributed by atoms with Gasteiger partial charge >= 0.3 is 5.97 Å². The summed E-state index contributed by atoms with van der Waals surface area (Å²) >= 11 is 6.75. The Morgan fingerprint density at radius 1 is 0.842 bits per heavy atom. The summed E-state index contributed by atoms with van der Waals surface area (Å²) in [7, 11) is 3.49. The number of aliphatic hydroxyl groups is 4. The Morgan fingerprint density at radius 2 is 1.45 bits per heavy atom. The number of halogens is 1. The smallest absolute Gasteiger partial charge is 0.329 e. The Balaban J connectivity index is 2.21. The second kappa shape index (κ2) is 39.7. The second-order valence-corrected chi connectivity index (χ2v) is 26.9. The molecular formula is C66H104ClN13O21. The SMILES string of the molecule is CCC(C)C=C(C)C=CC(O)C(C)(O)C(=O)NCC(=O)NC(C(=O)NC(C(=O)NC(C(=O)NC1C(=O)NC(COC)C(=O)NCC(=O)NC(C)C(=O)N(C)C(C(C)O)C(=O)NC(C(OC)c2ccc(O)cc2)C(=O)N2CCC(Cl)CC2C(=O)OC1C(C)C)C(C)C(C)C(N)=O)C(C)N)C(C)O. The molecule has 34 nitrogen and oxygen atoms in total. The molecule has 3 rings (SSSR count). The molecule has 1 aromatic carbocycles. The number of piperidine rings is 1. The number of aliphatic hydroxyl groups excluding tert-OH is 3. The maximum absolute atomic E-state index is 15.4. The predicted molar refractivity (Wildman–Crippen MR) is 364 cm³/mol. The lowest BCUT2D eigenvalue weighted by Gasteiger charge is -2.41. The first kappa shape index (κ1) is 86.8. The summed E-state index contributed by atoms with van der Waals surface area (Å²) in [5.41, 5.74) is 10.5. The number of aromatic hydroxyl groups is 1. The average Bonchev–Trinajstić information content (AvgIpc) is 0.792. The van der Waals surface area contributed by atoms with E-state index in [1.54, 1.807) is 6.92 Å². The number of hydrogen-bond acceptors (Lipinski definition) is 22. The van der Waals surface area contributed by atoms with Crippen LogP contribution in [-0.2, 0) is 76.5 Å². The van der Waals surface area contributed by atoms with Crippen molar-refractivity contribution >= 4 is 88.5 Å². The first-order chi connectivity index (χ1) is 47.1. The third-order valence-corrected chi connectivity index (χ3v) is 18.0. The highest BCUT2D eigenvalue weighted by molar-refractivity contribution is 6.21. The van der Waals surface area contributed by atoms with E-state index in [4.69, 9.17) is 37.3 Å². The lowest BCUT2D eigenvalue weighted by molar-refractivity contribution is -0.168. The summed E-state index contributed by atoms with van der Waals surface area (Å²) in [4.78, 5) is 187. The number of allylic oxidation sites excluding steroid dienone is 3. The molecule has 0 saturated carbocycles. The van der Waals surface area contributed by atoms with Gasteiger partial charge in [-0.25, -0.2) is 4.79 Å². The number of hydrogen-bond donors (Lipinski definition) is 16. The number of likely N-dealkylation sites (N-methyl/N-ethyl adjacent to an activating group) is 1. The minimum Gasteiger partial charge on any atom is -0.508 e. The first-order valence-corrected chi connectivity index (χ1v) is 33.6. The van der Waals surface area contributed by atoms with Crippen LogP contribution in [0.1, 0.15) is 114 Å². The number of cyclic esters (lactones) is 1. The number of ether oxygens (including phenoxy) is 3. The van der Waals surface area contributed by atoms with E-state index in [-0.39, 0.29) is 36.6 Å². The van der Waals surface area contributed by atoms with Crippen LogP contribution in [0.4, 0.5) is 0 Å². The van der Waals surface area contributed by atoms with E-state index in [1.807, 2.05) is 19.9 Å². The van der Waals surface area contributed by atoms with Gasteiger partial charge < -0.3 is 109 Å². The highest BCUT2D eigenvalue weighted by Gasteiger charge is 2.48. The van der Waals surface area contributed by atoms with Crippen molar-refractivity contribution in [3.05, 3.63) is 53.6 Å². The number of primary amides is 1. The van der Waals surface area contributed by atoms with Crippen molar-refractivity contribution in [2.45, 2.75) is 204 Å². The van der Waals surface area contributed by atoms with E-state index in [2.05, 4.69) is 47.9 Å². The molecule has 2 aliphatic heterocycles. The summed E-state index contributed by atoms with van der Waals surface area (Å²) in [5, 5.41) is 74.3. The highest BCUT2D eigenvalue weighted by atomic mass is 35.5. The molecule has 2 heterocycles. The van der Waals surface area contributed by atoms with Crippen molar-refractivity contribution in [2.75, 3.05) is 47.5 Å². The van der Waals surface area contributed by atoms with Crippen LogP contribution in [0.15, 0.2) is 48.1 Å². The van der Waals surface area contributed by atoms with E-state index >= 15 is 19.2 Å². The molecule has 0 aromatic heterocycles. The number of nitrogens with two attached hydrogens (primary N) is 2. The Morgan fingerprint density at radius 3 is 1.99 bits per heavy atom. The van der Waals surface area contributed by atoms with Crippen LogP contribution >= 0.6 is 11.6 Å². The number of rotatable bonds is 27. The quantitative estimate of drug-likeness (QED) is 0.0226. The third-order valence-electron chi connectivity index (χ3n) is 17.6. The van der Waals surface area contributed by atoms with Gasteiger partial charge in [0.2, 0.25) is 65.0 Å². The minimum absolute atomic E-state index is 0.0410. The zero-order valence-corrected chi connectivity index (χ0v) is 60.5. The van der Waals surface area contributed by atoms with Gasteiger partial charge in [-0.3, -0.25) is 57.5 Å². The van der Waals surface area contributed by atoms with Gasteiger partial charge in [0.1, 0.15) is 78.4 Å². The predicted octanol–water partition coefficient (Wildman–Crippen LogP) is -4.09. The van der Waals surface area contributed by atoms with Crippen molar-refractivity contribution in [1.29, 1.82) is 0 Å². The Labute approximate surface area is 592 Å². The molecule has 101 heavy (non-hydrogen) atoms. The number of carbonyl (C=O) groups is 13. The number of benzene rings is 1. The number of carbonyl (C=O) groups excluding carboxylic acids is 13. The molecule has 18 N–H and O–H groups in total. The topological polar surface area (TPSA) is 518 Å². The third kappa shape index (κ3) is 24.7. The molecular weight excluding hydrogens is 1350 g/mol. The lowest BCUT2D eigenvalue weighted by Crippen LogP contribution is -2.66. The molecule has 2 aliphatic rings. The summed E-state index contributed by atoms with van der Waals surface area (Å²) in [6, 6.07) is -12.5. The number of phenols is 1. The molecule has 1 aromatic rings. The monoisotopic (exact) mass is 1450 g/mol. The van der Waals surface area contributed by atoms with Gasteiger partial charge in [0.15, 0.2) is 5.60 Å². The van der Waals surface area contributed by atoms with Gasteiger partial charge in [0, 0.05) is 45.1 Å². The second-order valence-electron chi connectivity index (χ2n) is 26.3. The zero-order chi connectivity index (χ0) is 76.8. The molecule has 0 bridgehead atoms. The maximum atomic E-state index is 15.4. The number of methoxy groups -OCH3 is 2. The van der Waals surface area contributed by atoms with Gasteiger partial charge in [-0.05, 0) is 89.8 Å². The number of alkyl halides is 1. The fraction of sp³-hybridized carbons (Fsp3) is 0.652. The van der Waals surface area contributed by atoms with Crippen LogP contribution in [-0.4, -0.2) is 256 Å². The average molecular weight is 1450 g/mol. The summed E-state index contributed by atoms with van der Waals surface area (Å²) < 4.78 is 17.3. The molecule has 20 unspecified atom stereocenters. The van der Waals surface area contributed by atoms with Crippen molar-refractivity contribution in [2.24, 2.45) is 35.1 Å². The molecule has 0 aliphatic carbocycles. The summed E-state index contributed by atoms with van der Waals surface area (Å²) in [6.45, 7) is 14.3. The number of fused-ring (bicyclic) bond motifs is 1. The van der Waals surface area contributed by atoms with E-state index in [0.29, 0.717) is 0 Å². The van der Waals surface area contributed by atoms with Crippen LogP contribution < -0.4 is 59.3 Å². The lowest BCUT2D eigenvalue weighted by atomic mass is 9.87. The standard InChI is InChI=1S/C66H104ClN13O21/c1-16-31(4)25-32(5)17-22-44(84)66(12,98)65(97)71-28-46(86)74-49(37(10)81)59(91)76-48(35(8)68)58(90)75-47(33(6)34(7)55(69)87)57(89)77-50-53(30(2)3)101-64(96)43-26-40(67)23-24-80(43)63(95)51(54(100-15)39-18-20-41(83)21-19-39)78-61(93)52(38(11)82)79(13)62(94)36(9)72-45(85)27-70-56(88)42(29-99-14)73-60(50)92/h17-22,25,30-31,33-38,40,42-44,47-54,81-84,98H,16,23-24,26-29,68H2,1-15H3,(H2,69,87)(H,70,88)(H,71,97)(H,72,85)(H,73,92)(H,74,86)(H,75,90)(H,76,91)(H,77,89)(H,78,93). The Hall–Kier alpha value is -8.38. The highest BCUT2D eigenvalue weighted by Crippen LogP contribution is 2.31. The number of phenolic OH excluding ortho intramolecular Hbond substituents is 1. The molecule has 2 fully saturated rings. The normalized spacial score (nSPS) is 25.1. The molecule has 12 amide bonds. The largest absolute Gasteiger partial charge is 0.508 e. The maximum Gasteiger partial charge on any atom is 0.329 e. The molecule has 0 radical (unpaired) electrons. The summed E-state index contributed by atoms with van der Waals surface area (Å²) in [6.07, 6.45) is -3.26.